The Morgan fingerprint density at radius 2 is 1.45 bits per heavy atom. The van der Waals surface area contributed by atoms with Crippen molar-refractivity contribution in [3.63, 3.8) is 0 Å². The topological polar surface area (TPSA) is 23.8 Å². The maximum absolute atomic E-state index is 8.48. The van der Waals surface area contributed by atoms with Gasteiger partial charge in [0.1, 0.15) is 0 Å². The summed E-state index contributed by atoms with van der Waals surface area (Å²) in [6.07, 6.45) is 19.3. The monoisotopic (exact) mass is 273 g/mol. The van der Waals surface area contributed by atoms with Crippen LogP contribution in [-0.4, -0.2) is 0 Å². The molecular weight excluding hydrogens is 242 g/mol. The molecule has 0 radical (unpaired) electrons. The third-order valence-corrected chi connectivity index (χ3v) is 5.96. The summed E-state index contributed by atoms with van der Waals surface area (Å²) in [5.74, 6) is 4.06. The third kappa shape index (κ3) is 4.65. The molecule has 0 heterocycles. The number of allylic oxidation sites excluding steroid dienone is 2. The van der Waals surface area contributed by atoms with E-state index >= 15 is 0 Å². The van der Waals surface area contributed by atoms with Crippen LogP contribution in [0.5, 0.6) is 0 Å². The van der Waals surface area contributed by atoms with Gasteiger partial charge in [-0.05, 0) is 62.2 Å². The molecule has 0 amide bonds. The molecule has 2 rings (SSSR count). The summed E-state index contributed by atoms with van der Waals surface area (Å²) in [5.41, 5.74) is 0. The first kappa shape index (κ1) is 15.6. The largest absolute Gasteiger partial charge is 0.193 e. The number of nitrogens with zero attached hydrogens (tertiary/aromatic N) is 1. The number of hydrogen-bond acceptors (Lipinski definition) is 1. The van der Waals surface area contributed by atoms with E-state index in [0.29, 0.717) is 0 Å². The summed E-state index contributed by atoms with van der Waals surface area (Å²) < 4.78 is 0. The molecule has 0 unspecified atom stereocenters. The van der Waals surface area contributed by atoms with Crippen molar-refractivity contribution in [1.29, 1.82) is 5.26 Å². The zero-order valence-corrected chi connectivity index (χ0v) is 13.2. The second-order valence-corrected chi connectivity index (χ2v) is 7.08. The van der Waals surface area contributed by atoms with E-state index in [2.05, 4.69) is 13.0 Å². The van der Waals surface area contributed by atoms with Gasteiger partial charge in [0.05, 0.1) is 6.07 Å². The minimum atomic E-state index is 0.932. The van der Waals surface area contributed by atoms with Crippen LogP contribution in [0.25, 0.3) is 0 Å². The fraction of sp³-hybridized carbons (Fsp3) is 0.842. The van der Waals surface area contributed by atoms with Crippen molar-refractivity contribution in [2.45, 2.75) is 77.6 Å². The highest BCUT2D eigenvalue weighted by Crippen LogP contribution is 2.42. The molecule has 0 atom stereocenters. The molecule has 0 aromatic carbocycles. The van der Waals surface area contributed by atoms with E-state index in [0.717, 1.165) is 30.1 Å². The zero-order chi connectivity index (χ0) is 14.2. The Morgan fingerprint density at radius 3 is 1.95 bits per heavy atom. The van der Waals surface area contributed by atoms with E-state index in [-0.39, 0.29) is 0 Å². The molecule has 112 valence electrons. The standard InChI is InChI=1S/C19H31N/c1-2-16-7-11-18(12-8-16)19-13-9-17(10-14-19)6-4-3-5-15-20/h3,5,16-19H,2,4,6-14H2,1H3/b5-3+. The van der Waals surface area contributed by atoms with Crippen molar-refractivity contribution >= 4 is 0 Å². The van der Waals surface area contributed by atoms with Gasteiger partial charge in [-0.1, -0.05) is 45.1 Å². The summed E-state index contributed by atoms with van der Waals surface area (Å²) in [6.45, 7) is 2.36. The van der Waals surface area contributed by atoms with Crippen LogP contribution in [0.4, 0.5) is 0 Å². The van der Waals surface area contributed by atoms with Gasteiger partial charge in [-0.25, -0.2) is 0 Å². The molecule has 0 spiro atoms. The van der Waals surface area contributed by atoms with Crippen molar-refractivity contribution in [1.82, 2.24) is 0 Å². The zero-order valence-electron chi connectivity index (χ0n) is 13.2. The lowest BCUT2D eigenvalue weighted by Gasteiger charge is -2.37. The van der Waals surface area contributed by atoms with Gasteiger partial charge in [-0.2, -0.15) is 5.26 Å². The number of hydrogen-bond donors (Lipinski definition) is 0. The summed E-state index contributed by atoms with van der Waals surface area (Å²) in [6, 6.07) is 2.08. The minimum Gasteiger partial charge on any atom is -0.193 e. The Bertz CT molecular complexity index is 322. The average Bonchev–Trinajstić information content (AvgIpc) is 2.52. The molecule has 0 bridgehead atoms. The molecule has 1 nitrogen and oxygen atoms in total. The Kier molecular flexibility index (Phi) is 6.64. The van der Waals surface area contributed by atoms with Gasteiger partial charge in [0.25, 0.3) is 0 Å². The van der Waals surface area contributed by atoms with Gasteiger partial charge in [0, 0.05) is 6.08 Å². The van der Waals surface area contributed by atoms with Gasteiger partial charge in [-0.3, -0.25) is 0 Å². The normalized spacial score (nSPS) is 35.0. The van der Waals surface area contributed by atoms with E-state index < -0.39 is 0 Å². The minimum absolute atomic E-state index is 0.932. The SMILES string of the molecule is CCC1CCC(C2CCC(CC/C=C/C#N)CC2)CC1. The molecule has 0 aromatic heterocycles. The second kappa shape index (κ2) is 8.50. The molecule has 2 fully saturated rings. The molecule has 20 heavy (non-hydrogen) atoms. The Labute approximate surface area is 125 Å². The van der Waals surface area contributed by atoms with Crippen LogP contribution < -0.4 is 0 Å². The molecule has 0 aliphatic heterocycles. The Hall–Kier alpha value is -0.770. The average molecular weight is 273 g/mol. The molecule has 1 heteroatoms. The molecule has 2 aliphatic carbocycles. The van der Waals surface area contributed by atoms with Crippen LogP contribution in [0.2, 0.25) is 0 Å². The molecule has 2 saturated carbocycles. The first-order valence-corrected chi connectivity index (χ1v) is 8.88. The summed E-state index contributed by atoms with van der Waals surface area (Å²) >= 11 is 0. The molecule has 0 aromatic rings. The quantitative estimate of drug-likeness (QED) is 0.575. The van der Waals surface area contributed by atoms with Crippen LogP contribution in [0.3, 0.4) is 0 Å². The van der Waals surface area contributed by atoms with Gasteiger partial charge >= 0.3 is 0 Å². The fourth-order valence-corrected chi connectivity index (χ4v) is 4.48. The van der Waals surface area contributed by atoms with E-state index in [1.807, 2.05) is 6.08 Å². The molecular formula is C19H31N. The van der Waals surface area contributed by atoms with Crippen molar-refractivity contribution in [3.05, 3.63) is 12.2 Å². The van der Waals surface area contributed by atoms with E-state index in [4.69, 9.17) is 5.26 Å². The highest BCUT2D eigenvalue weighted by atomic mass is 14.4. The van der Waals surface area contributed by atoms with Crippen LogP contribution in [0.15, 0.2) is 12.2 Å². The highest BCUT2D eigenvalue weighted by Gasteiger charge is 2.30. The molecule has 0 saturated heterocycles. The van der Waals surface area contributed by atoms with Crippen molar-refractivity contribution in [2.75, 3.05) is 0 Å². The van der Waals surface area contributed by atoms with Crippen molar-refractivity contribution < 1.29 is 0 Å². The summed E-state index contributed by atoms with van der Waals surface area (Å²) in [7, 11) is 0. The lowest BCUT2D eigenvalue weighted by atomic mass is 9.68. The molecule has 0 N–H and O–H groups in total. The van der Waals surface area contributed by atoms with Gasteiger partial charge in [-0.15, -0.1) is 0 Å². The van der Waals surface area contributed by atoms with Crippen LogP contribution in [0, 0.1) is 35.0 Å². The lowest BCUT2D eigenvalue weighted by molar-refractivity contribution is 0.143. The van der Waals surface area contributed by atoms with Crippen molar-refractivity contribution in [3.8, 4) is 6.07 Å². The van der Waals surface area contributed by atoms with E-state index in [1.54, 1.807) is 6.08 Å². The maximum Gasteiger partial charge on any atom is 0.0908 e. The van der Waals surface area contributed by atoms with Gasteiger partial charge in [0.2, 0.25) is 0 Å². The van der Waals surface area contributed by atoms with Crippen LogP contribution >= 0.6 is 0 Å². The highest BCUT2D eigenvalue weighted by molar-refractivity contribution is 5.01. The van der Waals surface area contributed by atoms with Crippen molar-refractivity contribution in [2.24, 2.45) is 23.7 Å². The van der Waals surface area contributed by atoms with Crippen LogP contribution in [-0.2, 0) is 0 Å². The fourth-order valence-electron chi connectivity index (χ4n) is 4.48. The lowest BCUT2D eigenvalue weighted by Crippen LogP contribution is -2.25. The number of nitriles is 1. The first-order chi connectivity index (χ1) is 9.83. The first-order valence-electron chi connectivity index (χ1n) is 8.88. The maximum atomic E-state index is 8.48. The van der Waals surface area contributed by atoms with Gasteiger partial charge in [0.15, 0.2) is 0 Å². The van der Waals surface area contributed by atoms with E-state index in [1.165, 1.54) is 64.2 Å². The van der Waals surface area contributed by atoms with Crippen LogP contribution in [0.1, 0.15) is 77.6 Å². The number of rotatable bonds is 5. The van der Waals surface area contributed by atoms with E-state index in [9.17, 15) is 0 Å². The smallest absolute Gasteiger partial charge is 0.0908 e. The summed E-state index contributed by atoms with van der Waals surface area (Å²) in [5, 5.41) is 8.48. The molecule has 2 aliphatic rings. The Morgan fingerprint density at radius 1 is 0.900 bits per heavy atom. The van der Waals surface area contributed by atoms with Gasteiger partial charge < -0.3 is 0 Å². The predicted molar refractivity (Wildman–Crippen MR) is 85.2 cm³/mol. The predicted octanol–water partition coefficient (Wildman–Crippen LogP) is 5.87. The third-order valence-electron chi connectivity index (χ3n) is 5.96. The Balaban J connectivity index is 1.64. The second-order valence-electron chi connectivity index (χ2n) is 7.08. The summed E-state index contributed by atoms with van der Waals surface area (Å²) in [4.78, 5) is 0.